The summed E-state index contributed by atoms with van der Waals surface area (Å²) in [7, 11) is 0. The summed E-state index contributed by atoms with van der Waals surface area (Å²) in [6.07, 6.45) is 8.53. The molecule has 1 aliphatic carbocycles. The fourth-order valence-electron chi connectivity index (χ4n) is 3.14. The van der Waals surface area contributed by atoms with Crippen molar-refractivity contribution in [2.24, 2.45) is 5.73 Å². The molecule has 0 radical (unpaired) electrons. The molecular weight excluding hydrogens is 226 g/mol. The van der Waals surface area contributed by atoms with Crippen molar-refractivity contribution in [3.05, 3.63) is 35.4 Å². The van der Waals surface area contributed by atoms with Crippen molar-refractivity contribution in [1.82, 2.24) is 0 Å². The third kappa shape index (κ3) is 2.69. The quantitative estimate of drug-likeness (QED) is 0.810. The molecule has 2 rings (SSSR count). The number of nitrogens with two attached hydrogens (primary N) is 1. The molecule has 1 nitrogen and oxygen atoms in total. The van der Waals surface area contributed by atoms with E-state index in [0.717, 1.165) is 6.54 Å². The third-order valence-electron chi connectivity index (χ3n) is 4.08. The molecule has 2 N–H and O–H groups in total. The van der Waals surface area contributed by atoms with Crippen molar-refractivity contribution in [3.63, 3.8) is 0 Å². The number of fused-ring (bicyclic) bond motifs is 1. The van der Waals surface area contributed by atoms with Gasteiger partial charge in [-0.15, -0.1) is 0 Å². The van der Waals surface area contributed by atoms with Gasteiger partial charge in [-0.3, -0.25) is 0 Å². The molecule has 0 spiro atoms. The smallest absolute Gasteiger partial charge is 0.00786 e. The van der Waals surface area contributed by atoms with Gasteiger partial charge in [0.1, 0.15) is 0 Å². The molecule has 17 heavy (non-hydrogen) atoms. The molecule has 0 saturated carbocycles. The molecule has 0 amide bonds. The molecule has 1 aromatic carbocycles. The van der Waals surface area contributed by atoms with Crippen LogP contribution in [0.1, 0.15) is 36.8 Å². The van der Waals surface area contributed by atoms with E-state index < -0.39 is 0 Å². The number of aryl methyl sites for hydroxylation is 1. The summed E-state index contributed by atoms with van der Waals surface area (Å²) in [5.74, 6) is 1.25. The van der Waals surface area contributed by atoms with Crippen LogP contribution in [-0.2, 0) is 11.8 Å². The van der Waals surface area contributed by atoms with Crippen molar-refractivity contribution < 1.29 is 0 Å². The molecule has 1 atom stereocenters. The summed E-state index contributed by atoms with van der Waals surface area (Å²) in [6.45, 7) is 0.804. The SMILES string of the molecule is CSCCCC1(CN)CCCc2ccccc21. The maximum atomic E-state index is 6.13. The minimum absolute atomic E-state index is 0.268. The lowest BCUT2D eigenvalue weighted by Gasteiger charge is -2.38. The fourth-order valence-corrected chi connectivity index (χ4v) is 3.57. The topological polar surface area (TPSA) is 26.0 Å². The minimum Gasteiger partial charge on any atom is -0.330 e. The van der Waals surface area contributed by atoms with Crippen molar-refractivity contribution in [2.75, 3.05) is 18.6 Å². The van der Waals surface area contributed by atoms with Gasteiger partial charge in [0.2, 0.25) is 0 Å². The number of hydrogen-bond acceptors (Lipinski definition) is 2. The van der Waals surface area contributed by atoms with E-state index in [2.05, 4.69) is 30.5 Å². The second-order valence-electron chi connectivity index (χ2n) is 5.09. The Hall–Kier alpha value is -0.470. The Bertz CT molecular complexity index is 364. The van der Waals surface area contributed by atoms with Gasteiger partial charge < -0.3 is 5.73 Å². The first kappa shape index (κ1) is 13.0. The summed E-state index contributed by atoms with van der Waals surface area (Å²) >= 11 is 1.94. The fraction of sp³-hybridized carbons (Fsp3) is 0.600. The summed E-state index contributed by atoms with van der Waals surface area (Å²) in [5, 5.41) is 0. The Morgan fingerprint density at radius 3 is 2.94 bits per heavy atom. The molecule has 0 heterocycles. The maximum absolute atomic E-state index is 6.13. The number of thioether (sulfide) groups is 1. The normalized spacial score (nSPS) is 23.4. The van der Waals surface area contributed by atoms with Crippen LogP contribution in [0.15, 0.2) is 24.3 Å². The maximum Gasteiger partial charge on any atom is 0.00786 e. The number of rotatable bonds is 5. The van der Waals surface area contributed by atoms with Gasteiger partial charge in [-0.2, -0.15) is 11.8 Å². The van der Waals surface area contributed by atoms with Crippen molar-refractivity contribution in [3.8, 4) is 0 Å². The average molecular weight is 249 g/mol. The van der Waals surface area contributed by atoms with Gasteiger partial charge in [0.15, 0.2) is 0 Å². The molecule has 1 aromatic rings. The van der Waals surface area contributed by atoms with Gasteiger partial charge in [-0.1, -0.05) is 24.3 Å². The summed E-state index contributed by atoms with van der Waals surface area (Å²) < 4.78 is 0. The zero-order valence-corrected chi connectivity index (χ0v) is 11.6. The van der Waals surface area contributed by atoms with E-state index in [0.29, 0.717) is 0 Å². The highest BCUT2D eigenvalue weighted by Gasteiger charge is 2.34. The van der Waals surface area contributed by atoms with Crippen LogP contribution in [0.2, 0.25) is 0 Å². The van der Waals surface area contributed by atoms with Crippen LogP contribution in [0.3, 0.4) is 0 Å². The molecule has 2 heteroatoms. The average Bonchev–Trinajstić information content (AvgIpc) is 2.39. The van der Waals surface area contributed by atoms with Gasteiger partial charge in [0.25, 0.3) is 0 Å². The highest BCUT2D eigenvalue weighted by Crippen LogP contribution is 2.40. The third-order valence-corrected chi connectivity index (χ3v) is 4.78. The molecule has 1 unspecified atom stereocenters. The summed E-state index contributed by atoms with van der Waals surface area (Å²) in [4.78, 5) is 0. The van der Waals surface area contributed by atoms with Crippen LogP contribution in [0.4, 0.5) is 0 Å². The molecule has 94 valence electrons. The standard InChI is InChI=1S/C15H23NS/c1-17-11-5-10-15(12-16)9-4-7-13-6-2-3-8-14(13)15/h2-3,6,8H,4-5,7,9-12,16H2,1H3. The van der Waals surface area contributed by atoms with Gasteiger partial charge in [-0.25, -0.2) is 0 Å². The Morgan fingerprint density at radius 2 is 2.18 bits per heavy atom. The van der Waals surface area contributed by atoms with Crippen LogP contribution in [0, 0.1) is 0 Å². The summed E-state index contributed by atoms with van der Waals surface area (Å²) in [6, 6.07) is 8.92. The molecular formula is C15H23NS. The van der Waals surface area contributed by atoms with E-state index in [-0.39, 0.29) is 5.41 Å². The van der Waals surface area contributed by atoms with E-state index in [1.54, 1.807) is 0 Å². The monoisotopic (exact) mass is 249 g/mol. The summed E-state index contributed by atoms with van der Waals surface area (Å²) in [5.41, 5.74) is 9.47. The van der Waals surface area contributed by atoms with Crippen LogP contribution in [-0.4, -0.2) is 18.6 Å². The minimum atomic E-state index is 0.268. The van der Waals surface area contributed by atoms with Crippen molar-refractivity contribution in [1.29, 1.82) is 0 Å². The molecule has 0 fully saturated rings. The zero-order chi connectivity index (χ0) is 12.1. The second kappa shape index (κ2) is 5.92. The molecule has 1 aliphatic rings. The first-order valence-electron chi connectivity index (χ1n) is 6.60. The lowest BCUT2D eigenvalue weighted by molar-refractivity contribution is 0.341. The molecule has 0 bridgehead atoms. The Kier molecular flexibility index (Phi) is 4.52. The predicted molar refractivity (Wildman–Crippen MR) is 77.7 cm³/mol. The van der Waals surface area contributed by atoms with Crippen molar-refractivity contribution in [2.45, 2.75) is 37.5 Å². The number of hydrogen-bond donors (Lipinski definition) is 1. The van der Waals surface area contributed by atoms with E-state index >= 15 is 0 Å². The largest absolute Gasteiger partial charge is 0.330 e. The Morgan fingerprint density at radius 1 is 1.35 bits per heavy atom. The van der Waals surface area contributed by atoms with Crippen LogP contribution >= 0.6 is 11.8 Å². The van der Waals surface area contributed by atoms with Gasteiger partial charge in [0.05, 0.1) is 0 Å². The zero-order valence-electron chi connectivity index (χ0n) is 10.7. The highest BCUT2D eigenvalue weighted by atomic mass is 32.2. The highest BCUT2D eigenvalue weighted by molar-refractivity contribution is 7.98. The van der Waals surface area contributed by atoms with Crippen LogP contribution in [0.5, 0.6) is 0 Å². The first-order valence-corrected chi connectivity index (χ1v) is 7.99. The van der Waals surface area contributed by atoms with Gasteiger partial charge in [0, 0.05) is 12.0 Å². The Labute approximate surface area is 109 Å². The predicted octanol–water partition coefficient (Wildman–Crippen LogP) is 3.36. The molecule has 0 saturated heterocycles. The lowest BCUT2D eigenvalue weighted by atomic mass is 9.67. The lowest BCUT2D eigenvalue weighted by Crippen LogP contribution is -2.38. The van der Waals surface area contributed by atoms with Crippen LogP contribution < -0.4 is 5.73 Å². The van der Waals surface area contributed by atoms with Crippen LogP contribution in [0.25, 0.3) is 0 Å². The van der Waals surface area contributed by atoms with E-state index in [9.17, 15) is 0 Å². The number of benzene rings is 1. The van der Waals surface area contributed by atoms with Crippen molar-refractivity contribution >= 4 is 11.8 Å². The second-order valence-corrected chi connectivity index (χ2v) is 6.08. The van der Waals surface area contributed by atoms with E-state index in [4.69, 9.17) is 5.73 Å². The van der Waals surface area contributed by atoms with E-state index in [1.807, 2.05) is 11.8 Å². The van der Waals surface area contributed by atoms with Gasteiger partial charge in [-0.05, 0) is 55.2 Å². The van der Waals surface area contributed by atoms with E-state index in [1.165, 1.54) is 49.0 Å². The van der Waals surface area contributed by atoms with Gasteiger partial charge >= 0.3 is 0 Å². The first-order chi connectivity index (χ1) is 8.32. The molecule has 0 aliphatic heterocycles. The Balaban J connectivity index is 2.22. The molecule has 0 aromatic heterocycles.